The molecule has 2 N–H and O–H groups in total. The Morgan fingerprint density at radius 1 is 1.04 bits per heavy atom. The molecule has 2 aromatic carbocycles. The molecular weight excluding hydrogens is 320 g/mol. The number of aliphatic hydroxyl groups excluding tert-OH is 1. The molecule has 4 nitrogen and oxygen atoms in total. The van der Waals surface area contributed by atoms with Gasteiger partial charge in [0.05, 0.1) is 22.4 Å². The molecule has 2 atom stereocenters. The second kappa shape index (κ2) is 6.89. The molecule has 0 bridgehead atoms. The zero-order valence-electron chi connectivity index (χ0n) is 13.3. The minimum Gasteiger partial charge on any atom is -0.408 e. The van der Waals surface area contributed by atoms with Crippen LogP contribution in [-0.2, 0) is 0 Å². The van der Waals surface area contributed by atoms with Gasteiger partial charge in [-0.25, -0.2) is 4.98 Å². The Morgan fingerprint density at radius 2 is 1.83 bits per heavy atom. The van der Waals surface area contributed by atoms with Gasteiger partial charge in [0.15, 0.2) is 0 Å². The van der Waals surface area contributed by atoms with Crippen molar-refractivity contribution >= 4 is 21.6 Å². The highest BCUT2D eigenvalue weighted by molar-refractivity contribution is 7.21. The van der Waals surface area contributed by atoms with Crippen molar-refractivity contribution in [1.82, 2.24) is 10.5 Å². The minimum absolute atomic E-state index is 0.0164. The van der Waals surface area contributed by atoms with Crippen molar-refractivity contribution in [3.05, 3.63) is 48.5 Å². The lowest BCUT2D eigenvalue weighted by atomic mass is 9.93. The highest BCUT2D eigenvalue weighted by Gasteiger charge is 2.23. The van der Waals surface area contributed by atoms with E-state index in [1.807, 2.05) is 42.5 Å². The quantitative estimate of drug-likeness (QED) is 0.701. The average Bonchev–Trinajstić information content (AvgIpc) is 3.06. The summed E-state index contributed by atoms with van der Waals surface area (Å²) in [5.74, 6) is 0.748. The molecule has 24 heavy (non-hydrogen) atoms. The lowest BCUT2D eigenvalue weighted by molar-refractivity contribution is 0.0297. The summed E-state index contributed by atoms with van der Waals surface area (Å²) in [6.45, 7) is 0. The first-order valence-corrected chi connectivity index (χ1v) is 9.18. The number of nitrogens with zero attached hydrogens (tertiary/aromatic N) is 1. The highest BCUT2D eigenvalue weighted by atomic mass is 32.1. The third kappa shape index (κ3) is 3.29. The highest BCUT2D eigenvalue weighted by Crippen LogP contribution is 2.30. The van der Waals surface area contributed by atoms with Gasteiger partial charge in [-0.05, 0) is 49.2 Å². The second-order valence-electron chi connectivity index (χ2n) is 6.19. The molecule has 1 fully saturated rings. The van der Waals surface area contributed by atoms with Crippen LogP contribution in [0.4, 0.5) is 0 Å². The van der Waals surface area contributed by atoms with Crippen molar-refractivity contribution in [2.45, 2.75) is 37.8 Å². The van der Waals surface area contributed by atoms with E-state index in [1.54, 1.807) is 11.3 Å². The predicted octanol–water partition coefficient (Wildman–Crippen LogP) is 4.15. The van der Waals surface area contributed by atoms with E-state index < -0.39 is 0 Å². The largest absolute Gasteiger partial charge is 0.408 e. The van der Waals surface area contributed by atoms with Crippen LogP contribution in [0.5, 0.6) is 5.75 Å². The monoisotopic (exact) mass is 340 g/mol. The summed E-state index contributed by atoms with van der Waals surface area (Å²) in [5.41, 5.74) is 5.12. The molecule has 0 amide bonds. The van der Waals surface area contributed by atoms with Crippen molar-refractivity contribution in [3.63, 3.8) is 0 Å². The molecule has 4 rings (SSSR count). The minimum atomic E-state index is -0.319. The number of fused-ring (bicyclic) bond motifs is 1. The van der Waals surface area contributed by atoms with Gasteiger partial charge in [-0.2, -0.15) is 5.48 Å². The molecule has 5 heteroatoms. The van der Waals surface area contributed by atoms with Crippen LogP contribution in [0.3, 0.4) is 0 Å². The van der Waals surface area contributed by atoms with Gasteiger partial charge in [-0.3, -0.25) is 0 Å². The number of aliphatic hydroxyl groups is 1. The summed E-state index contributed by atoms with van der Waals surface area (Å²) in [6.07, 6.45) is 3.70. The third-order valence-corrected chi connectivity index (χ3v) is 5.54. The van der Waals surface area contributed by atoms with E-state index in [4.69, 9.17) is 4.84 Å². The lowest BCUT2D eigenvalue weighted by Crippen LogP contribution is -2.43. The number of hydrogen-bond donors (Lipinski definition) is 2. The summed E-state index contributed by atoms with van der Waals surface area (Å²) < 4.78 is 1.20. The molecule has 1 heterocycles. The van der Waals surface area contributed by atoms with Crippen molar-refractivity contribution in [1.29, 1.82) is 0 Å². The van der Waals surface area contributed by atoms with Crippen LogP contribution in [-0.4, -0.2) is 22.2 Å². The lowest BCUT2D eigenvalue weighted by Gasteiger charge is -2.27. The van der Waals surface area contributed by atoms with Gasteiger partial charge in [0, 0.05) is 5.56 Å². The summed E-state index contributed by atoms with van der Waals surface area (Å²) in [6, 6.07) is 16.1. The van der Waals surface area contributed by atoms with E-state index in [1.165, 1.54) is 4.70 Å². The Labute approximate surface area is 145 Å². The van der Waals surface area contributed by atoms with E-state index in [0.29, 0.717) is 0 Å². The molecule has 0 saturated heterocycles. The van der Waals surface area contributed by atoms with Crippen LogP contribution in [0.1, 0.15) is 25.7 Å². The Bertz CT molecular complexity index is 783. The molecular formula is C19H20N2O2S. The van der Waals surface area contributed by atoms with Crippen molar-refractivity contribution in [2.75, 3.05) is 0 Å². The van der Waals surface area contributed by atoms with Crippen molar-refractivity contribution in [3.8, 4) is 16.3 Å². The number of hydroxylamine groups is 1. The Hall–Kier alpha value is -1.95. The zero-order valence-corrected chi connectivity index (χ0v) is 14.1. The number of para-hydroxylation sites is 1. The molecule has 1 aliphatic carbocycles. The van der Waals surface area contributed by atoms with E-state index in [2.05, 4.69) is 16.5 Å². The van der Waals surface area contributed by atoms with Crippen LogP contribution in [0, 0.1) is 0 Å². The average molecular weight is 340 g/mol. The van der Waals surface area contributed by atoms with E-state index in [-0.39, 0.29) is 12.1 Å². The van der Waals surface area contributed by atoms with Crippen LogP contribution >= 0.6 is 11.3 Å². The molecule has 0 radical (unpaired) electrons. The van der Waals surface area contributed by atoms with Gasteiger partial charge >= 0.3 is 0 Å². The molecule has 0 aliphatic heterocycles. The fourth-order valence-electron chi connectivity index (χ4n) is 3.05. The van der Waals surface area contributed by atoms with Crippen LogP contribution < -0.4 is 10.3 Å². The van der Waals surface area contributed by atoms with Crippen LogP contribution in [0.2, 0.25) is 0 Å². The normalized spacial score (nSPS) is 21.0. The number of rotatable bonds is 4. The molecule has 1 saturated carbocycles. The molecule has 0 spiro atoms. The van der Waals surface area contributed by atoms with Gasteiger partial charge in [0.25, 0.3) is 0 Å². The van der Waals surface area contributed by atoms with Gasteiger partial charge in [0.1, 0.15) is 10.8 Å². The van der Waals surface area contributed by atoms with E-state index in [0.717, 1.165) is 47.5 Å². The van der Waals surface area contributed by atoms with Gasteiger partial charge in [-0.1, -0.05) is 25.0 Å². The summed E-state index contributed by atoms with van der Waals surface area (Å²) in [7, 11) is 0. The van der Waals surface area contributed by atoms with Crippen LogP contribution in [0.15, 0.2) is 48.5 Å². The maximum absolute atomic E-state index is 9.96. The van der Waals surface area contributed by atoms with Crippen molar-refractivity contribution < 1.29 is 9.94 Å². The Kier molecular flexibility index (Phi) is 4.47. The predicted molar refractivity (Wildman–Crippen MR) is 97.1 cm³/mol. The van der Waals surface area contributed by atoms with Gasteiger partial charge in [0.2, 0.25) is 0 Å². The number of nitrogens with one attached hydrogen (secondary N) is 1. The van der Waals surface area contributed by atoms with Gasteiger partial charge < -0.3 is 9.94 Å². The smallest absolute Gasteiger partial charge is 0.147 e. The summed E-state index contributed by atoms with van der Waals surface area (Å²) >= 11 is 1.69. The first kappa shape index (κ1) is 15.6. The second-order valence-corrected chi connectivity index (χ2v) is 7.22. The summed E-state index contributed by atoms with van der Waals surface area (Å²) in [4.78, 5) is 10.3. The van der Waals surface area contributed by atoms with Crippen molar-refractivity contribution in [2.24, 2.45) is 0 Å². The fourth-order valence-corrected chi connectivity index (χ4v) is 4.02. The molecule has 1 aromatic heterocycles. The van der Waals surface area contributed by atoms with E-state index in [9.17, 15) is 5.11 Å². The Balaban J connectivity index is 1.44. The fraction of sp³-hybridized carbons (Fsp3) is 0.316. The number of benzene rings is 2. The number of aromatic nitrogens is 1. The first-order chi connectivity index (χ1) is 11.8. The summed E-state index contributed by atoms with van der Waals surface area (Å²) in [5, 5.41) is 11.0. The molecule has 1 aliphatic rings. The Morgan fingerprint density at radius 3 is 2.62 bits per heavy atom. The molecule has 3 aromatic rings. The molecule has 2 unspecified atom stereocenters. The standard InChI is InChI=1S/C19H20N2O2S/c22-17-7-3-1-5-15(17)21-23-14-11-9-13(10-12-14)19-20-16-6-2-4-8-18(16)24-19/h2,4,6,8-12,15,17,21-22H,1,3,5,7H2. The van der Waals surface area contributed by atoms with E-state index >= 15 is 0 Å². The molecule has 124 valence electrons. The topological polar surface area (TPSA) is 54.4 Å². The van der Waals surface area contributed by atoms with Crippen LogP contribution in [0.25, 0.3) is 20.8 Å². The van der Waals surface area contributed by atoms with Gasteiger partial charge in [-0.15, -0.1) is 11.3 Å². The maximum Gasteiger partial charge on any atom is 0.147 e. The number of thiazole rings is 1. The third-order valence-electron chi connectivity index (χ3n) is 4.45. The number of hydrogen-bond acceptors (Lipinski definition) is 5. The zero-order chi connectivity index (χ0) is 16.4. The maximum atomic E-state index is 9.96. The first-order valence-electron chi connectivity index (χ1n) is 8.36. The SMILES string of the molecule is OC1CCCCC1NOc1ccc(-c2nc3ccccc3s2)cc1.